The molecule has 1 aliphatic carbocycles. The average molecular weight is 376 g/mol. The molecule has 2 N–H and O–H groups in total. The van der Waals surface area contributed by atoms with Gasteiger partial charge >= 0.3 is 0 Å². The Morgan fingerprint density at radius 2 is 2.12 bits per heavy atom. The summed E-state index contributed by atoms with van der Waals surface area (Å²) in [6.07, 6.45) is 3.22. The largest absolute Gasteiger partial charge is 0.332 e. The smallest absolute Gasteiger partial charge is 0.260 e. The number of H-pyrrole nitrogens is 1. The van der Waals surface area contributed by atoms with Crippen molar-refractivity contribution < 1.29 is 9.69 Å². The summed E-state index contributed by atoms with van der Waals surface area (Å²) in [5.74, 6) is 1.61. The third kappa shape index (κ3) is 3.07. The van der Waals surface area contributed by atoms with Gasteiger partial charge in [0.05, 0.1) is 31.6 Å². The summed E-state index contributed by atoms with van der Waals surface area (Å²) in [4.78, 5) is 37.7. The van der Waals surface area contributed by atoms with Crippen molar-refractivity contribution in [2.75, 3.05) is 26.2 Å². The normalized spacial score (nSPS) is 22.4. The maximum atomic E-state index is 12.8. The van der Waals surface area contributed by atoms with Crippen molar-refractivity contribution in [3.8, 4) is 0 Å². The number of quaternary nitrogens is 1. The topological polar surface area (TPSA) is 70.5 Å². The fraction of sp³-hybridized carbons (Fsp3) is 0.632. The molecule has 6 nitrogen and oxygen atoms in total. The van der Waals surface area contributed by atoms with Gasteiger partial charge in [0.25, 0.3) is 5.56 Å². The summed E-state index contributed by atoms with van der Waals surface area (Å²) in [6, 6.07) is 0.124. The number of fused-ring (bicyclic) bond motifs is 3. The second kappa shape index (κ2) is 6.78. The third-order valence-corrected chi connectivity index (χ3v) is 7.21. The van der Waals surface area contributed by atoms with E-state index in [0.717, 1.165) is 61.5 Å². The van der Waals surface area contributed by atoms with E-state index in [2.05, 4.69) is 18.8 Å². The van der Waals surface area contributed by atoms with E-state index in [1.165, 1.54) is 15.3 Å². The number of piperazine rings is 1. The highest BCUT2D eigenvalue weighted by atomic mass is 32.1. The van der Waals surface area contributed by atoms with Crippen LogP contribution in [0.25, 0.3) is 10.2 Å². The number of aryl methyl sites for hydroxylation is 1. The van der Waals surface area contributed by atoms with Gasteiger partial charge in [0.1, 0.15) is 10.9 Å². The van der Waals surface area contributed by atoms with Gasteiger partial charge in [0, 0.05) is 11.8 Å². The molecule has 140 valence electrons. The van der Waals surface area contributed by atoms with E-state index >= 15 is 0 Å². The molecule has 1 fully saturated rings. The Labute approximate surface area is 157 Å². The summed E-state index contributed by atoms with van der Waals surface area (Å²) >= 11 is 1.71. The molecule has 2 aromatic heterocycles. The molecular weight excluding hydrogens is 348 g/mol. The number of aromatic amines is 1. The SMILES string of the molecule is CC(=O)N1CC[NH+]([C@H](C)c2nc3sc4c(c3c(=O)[nH]2)CC[C@@H](C)C4)CC1. The zero-order valence-corrected chi connectivity index (χ0v) is 16.5. The van der Waals surface area contributed by atoms with Crippen molar-refractivity contribution >= 4 is 27.5 Å². The lowest BCUT2D eigenvalue weighted by molar-refractivity contribution is -0.934. The highest BCUT2D eigenvalue weighted by molar-refractivity contribution is 7.18. The lowest BCUT2D eigenvalue weighted by Gasteiger charge is -2.34. The number of nitrogens with zero attached hydrogens (tertiary/aromatic N) is 2. The first-order valence-corrected chi connectivity index (χ1v) is 10.4. The van der Waals surface area contributed by atoms with Gasteiger partial charge in [-0.05, 0) is 37.7 Å². The molecule has 1 aliphatic heterocycles. The monoisotopic (exact) mass is 375 g/mol. The number of carbonyl (C=O) groups is 1. The van der Waals surface area contributed by atoms with Crippen molar-refractivity contribution in [3.05, 3.63) is 26.6 Å². The summed E-state index contributed by atoms with van der Waals surface area (Å²) < 4.78 is 0. The number of aromatic nitrogens is 2. The maximum Gasteiger partial charge on any atom is 0.260 e. The molecule has 0 unspecified atom stereocenters. The molecule has 0 radical (unpaired) electrons. The van der Waals surface area contributed by atoms with Crippen LogP contribution in [0.1, 0.15) is 49.5 Å². The van der Waals surface area contributed by atoms with Crippen molar-refractivity contribution in [1.29, 1.82) is 0 Å². The molecular formula is C19H27N4O2S+. The van der Waals surface area contributed by atoms with Crippen LogP contribution in [0, 0.1) is 5.92 Å². The standard InChI is InChI=1S/C19H26N4O2S/c1-11-4-5-14-15(10-11)26-19-16(14)18(25)20-17(21-19)12(2)22-6-8-23(9-7-22)13(3)24/h11-12H,4-10H2,1-3H3,(H,20,21,25)/p+1/t11-,12-/m1/s1. The summed E-state index contributed by atoms with van der Waals surface area (Å²) in [5.41, 5.74) is 1.25. The number of hydrogen-bond donors (Lipinski definition) is 2. The van der Waals surface area contributed by atoms with Gasteiger partial charge in [-0.2, -0.15) is 0 Å². The Balaban J connectivity index is 1.61. The Hall–Kier alpha value is -1.73. The Kier molecular flexibility index (Phi) is 4.61. The molecule has 1 amide bonds. The van der Waals surface area contributed by atoms with Crippen LogP contribution in [0.4, 0.5) is 0 Å². The molecule has 2 atom stereocenters. The second-order valence-electron chi connectivity index (χ2n) is 7.87. The number of nitrogens with one attached hydrogen (secondary N) is 2. The van der Waals surface area contributed by atoms with E-state index in [1.807, 2.05) is 4.90 Å². The minimum absolute atomic E-state index is 0.0191. The molecule has 0 saturated carbocycles. The Bertz CT molecular complexity index is 895. The van der Waals surface area contributed by atoms with E-state index in [0.29, 0.717) is 5.92 Å². The van der Waals surface area contributed by atoms with E-state index in [1.54, 1.807) is 18.3 Å². The third-order valence-electron chi connectivity index (χ3n) is 6.06. The van der Waals surface area contributed by atoms with Crippen molar-refractivity contribution in [2.45, 2.75) is 46.1 Å². The van der Waals surface area contributed by atoms with Gasteiger partial charge in [-0.15, -0.1) is 11.3 Å². The van der Waals surface area contributed by atoms with Gasteiger partial charge < -0.3 is 14.8 Å². The van der Waals surface area contributed by atoms with E-state index in [4.69, 9.17) is 4.98 Å². The van der Waals surface area contributed by atoms with Gasteiger partial charge in [-0.3, -0.25) is 9.59 Å². The van der Waals surface area contributed by atoms with Crippen LogP contribution in [0.2, 0.25) is 0 Å². The van der Waals surface area contributed by atoms with Crippen LogP contribution in [0.5, 0.6) is 0 Å². The van der Waals surface area contributed by atoms with Gasteiger partial charge in [0.2, 0.25) is 5.91 Å². The fourth-order valence-corrected chi connectivity index (χ4v) is 5.70. The molecule has 4 rings (SSSR count). The number of thiophene rings is 1. The quantitative estimate of drug-likeness (QED) is 0.820. The molecule has 0 spiro atoms. The number of hydrogen-bond acceptors (Lipinski definition) is 4. The molecule has 3 heterocycles. The van der Waals surface area contributed by atoms with Gasteiger partial charge in [-0.1, -0.05) is 6.92 Å². The summed E-state index contributed by atoms with van der Waals surface area (Å²) in [7, 11) is 0. The first-order valence-electron chi connectivity index (χ1n) is 9.58. The van der Waals surface area contributed by atoms with Crippen LogP contribution in [-0.4, -0.2) is 47.0 Å². The van der Waals surface area contributed by atoms with Crippen molar-refractivity contribution in [2.24, 2.45) is 5.92 Å². The first-order chi connectivity index (χ1) is 12.4. The Morgan fingerprint density at radius 3 is 2.81 bits per heavy atom. The van der Waals surface area contributed by atoms with E-state index < -0.39 is 0 Å². The van der Waals surface area contributed by atoms with Gasteiger partial charge in [0.15, 0.2) is 5.82 Å². The van der Waals surface area contributed by atoms with E-state index in [-0.39, 0.29) is 17.5 Å². The van der Waals surface area contributed by atoms with Gasteiger partial charge in [-0.25, -0.2) is 4.98 Å². The lowest BCUT2D eigenvalue weighted by Crippen LogP contribution is -3.14. The summed E-state index contributed by atoms with van der Waals surface area (Å²) in [6.45, 7) is 9.35. The van der Waals surface area contributed by atoms with Crippen molar-refractivity contribution in [3.63, 3.8) is 0 Å². The number of amides is 1. The fourth-order valence-electron chi connectivity index (χ4n) is 4.31. The van der Waals surface area contributed by atoms with Crippen LogP contribution in [0.15, 0.2) is 4.79 Å². The first kappa shape index (κ1) is 17.7. The maximum absolute atomic E-state index is 12.8. The molecule has 7 heteroatoms. The lowest BCUT2D eigenvalue weighted by atomic mass is 9.89. The highest BCUT2D eigenvalue weighted by Gasteiger charge is 2.29. The molecule has 0 bridgehead atoms. The molecule has 2 aliphatic rings. The highest BCUT2D eigenvalue weighted by Crippen LogP contribution is 2.35. The average Bonchev–Trinajstić information content (AvgIpc) is 2.98. The molecule has 26 heavy (non-hydrogen) atoms. The minimum Gasteiger partial charge on any atom is -0.332 e. The predicted octanol–water partition coefficient (Wildman–Crippen LogP) is 0.917. The molecule has 0 aromatic carbocycles. The van der Waals surface area contributed by atoms with E-state index in [9.17, 15) is 9.59 Å². The minimum atomic E-state index is 0.0191. The number of carbonyl (C=O) groups excluding carboxylic acids is 1. The van der Waals surface area contributed by atoms with Crippen LogP contribution in [0.3, 0.4) is 0 Å². The van der Waals surface area contributed by atoms with Crippen LogP contribution < -0.4 is 10.5 Å². The molecule has 2 aromatic rings. The zero-order valence-electron chi connectivity index (χ0n) is 15.7. The zero-order chi connectivity index (χ0) is 18.4. The summed E-state index contributed by atoms with van der Waals surface area (Å²) in [5, 5.41) is 0.823. The second-order valence-corrected chi connectivity index (χ2v) is 8.95. The predicted molar refractivity (Wildman–Crippen MR) is 103 cm³/mol. The van der Waals surface area contributed by atoms with Crippen LogP contribution >= 0.6 is 11.3 Å². The molecule has 1 saturated heterocycles. The van der Waals surface area contributed by atoms with Crippen LogP contribution in [-0.2, 0) is 17.6 Å². The van der Waals surface area contributed by atoms with Crippen molar-refractivity contribution in [1.82, 2.24) is 14.9 Å². The Morgan fingerprint density at radius 1 is 1.38 bits per heavy atom. The number of rotatable bonds is 2.